The molecule has 0 amide bonds. The Hall–Kier alpha value is -1.10. The molecule has 0 aliphatic carbocycles. The highest BCUT2D eigenvalue weighted by Gasteiger charge is 2.16. The summed E-state index contributed by atoms with van der Waals surface area (Å²) in [7, 11) is 1.98. The van der Waals surface area contributed by atoms with Gasteiger partial charge in [-0.15, -0.1) is 0 Å². The van der Waals surface area contributed by atoms with E-state index in [-0.39, 0.29) is 5.69 Å². The summed E-state index contributed by atoms with van der Waals surface area (Å²) in [5.41, 5.74) is 0.0892. The molecule has 1 aromatic rings. The summed E-state index contributed by atoms with van der Waals surface area (Å²) in [6.45, 7) is 3.79. The molecule has 1 N–H and O–H groups in total. The third kappa shape index (κ3) is 3.02. The van der Waals surface area contributed by atoms with Crippen molar-refractivity contribution in [2.24, 2.45) is 0 Å². The van der Waals surface area contributed by atoms with Crippen molar-refractivity contribution in [3.8, 4) is 0 Å². The topological polar surface area (TPSA) is 51.9 Å². The summed E-state index contributed by atoms with van der Waals surface area (Å²) >= 11 is 0. The van der Waals surface area contributed by atoms with Crippen LogP contribution in [0.1, 0.15) is 44.9 Å². The van der Waals surface area contributed by atoms with Gasteiger partial charge in [-0.2, -0.15) is 5.10 Å². The summed E-state index contributed by atoms with van der Waals surface area (Å²) in [4.78, 5) is 12.0. The van der Waals surface area contributed by atoms with E-state index in [0.29, 0.717) is 6.04 Å². The van der Waals surface area contributed by atoms with Gasteiger partial charge >= 0.3 is 5.69 Å². The first kappa shape index (κ1) is 13.3. The van der Waals surface area contributed by atoms with Crippen molar-refractivity contribution in [2.75, 3.05) is 7.05 Å². The van der Waals surface area contributed by atoms with Crippen LogP contribution in [0.25, 0.3) is 0 Å². The molecule has 0 radical (unpaired) electrons. The van der Waals surface area contributed by atoms with E-state index in [1.54, 1.807) is 4.68 Å². The smallest absolute Gasteiger partial charge is 0.317 e. The van der Waals surface area contributed by atoms with Crippen molar-refractivity contribution in [2.45, 2.75) is 64.6 Å². The van der Waals surface area contributed by atoms with Gasteiger partial charge in [-0.05, 0) is 39.7 Å². The van der Waals surface area contributed by atoms with Crippen molar-refractivity contribution in [1.29, 1.82) is 0 Å². The van der Waals surface area contributed by atoms with Gasteiger partial charge < -0.3 is 5.32 Å². The molecule has 2 heterocycles. The number of fused-ring (bicyclic) bond motifs is 1. The Morgan fingerprint density at radius 1 is 1.39 bits per heavy atom. The van der Waals surface area contributed by atoms with E-state index in [0.717, 1.165) is 57.4 Å². The molecule has 5 nitrogen and oxygen atoms in total. The molecule has 5 heteroatoms. The van der Waals surface area contributed by atoms with Gasteiger partial charge in [0.05, 0.1) is 0 Å². The summed E-state index contributed by atoms with van der Waals surface area (Å²) in [6.07, 6.45) is 6.55. The minimum absolute atomic E-state index is 0.0892. The average molecular weight is 252 g/mol. The molecule has 1 atom stereocenters. The summed E-state index contributed by atoms with van der Waals surface area (Å²) < 4.78 is 3.50. The lowest BCUT2D eigenvalue weighted by atomic mass is 10.1. The second kappa shape index (κ2) is 6.18. The number of aryl methyl sites for hydroxylation is 2. The SMILES string of the molecule is CNC(C)CCCCn1nc2n(c1=O)CCCC2. The second-order valence-corrected chi connectivity index (χ2v) is 5.22. The zero-order chi connectivity index (χ0) is 13.0. The van der Waals surface area contributed by atoms with Gasteiger partial charge in [-0.1, -0.05) is 6.42 Å². The van der Waals surface area contributed by atoms with Gasteiger partial charge in [0.1, 0.15) is 5.82 Å². The van der Waals surface area contributed by atoms with Gasteiger partial charge in [-0.25, -0.2) is 9.48 Å². The lowest BCUT2D eigenvalue weighted by Gasteiger charge is -2.09. The molecule has 2 rings (SSSR count). The van der Waals surface area contributed by atoms with Crippen molar-refractivity contribution in [3.63, 3.8) is 0 Å². The fourth-order valence-electron chi connectivity index (χ4n) is 2.45. The third-order valence-corrected chi connectivity index (χ3v) is 3.78. The minimum Gasteiger partial charge on any atom is -0.317 e. The highest BCUT2D eigenvalue weighted by atomic mass is 16.2. The first-order valence-corrected chi connectivity index (χ1v) is 7.06. The lowest BCUT2D eigenvalue weighted by Crippen LogP contribution is -2.27. The van der Waals surface area contributed by atoms with E-state index in [4.69, 9.17) is 0 Å². The highest BCUT2D eigenvalue weighted by molar-refractivity contribution is 4.91. The van der Waals surface area contributed by atoms with Crippen LogP contribution in [0.3, 0.4) is 0 Å². The summed E-state index contributed by atoms with van der Waals surface area (Å²) in [5, 5.41) is 7.67. The zero-order valence-electron chi connectivity index (χ0n) is 11.5. The van der Waals surface area contributed by atoms with Gasteiger partial charge in [-0.3, -0.25) is 4.57 Å². The summed E-state index contributed by atoms with van der Waals surface area (Å²) in [6, 6.07) is 0.553. The molecule has 18 heavy (non-hydrogen) atoms. The molecule has 102 valence electrons. The molecule has 0 aromatic carbocycles. The fraction of sp³-hybridized carbons (Fsp3) is 0.846. The molecule has 0 saturated heterocycles. The maximum absolute atomic E-state index is 12.0. The number of unbranched alkanes of at least 4 members (excludes halogenated alkanes) is 1. The molecule has 0 fully saturated rings. The third-order valence-electron chi connectivity index (χ3n) is 3.78. The molecular formula is C13H24N4O. The molecule has 1 unspecified atom stereocenters. The van der Waals surface area contributed by atoms with Crippen LogP contribution in [0.5, 0.6) is 0 Å². The minimum atomic E-state index is 0.0892. The Morgan fingerprint density at radius 2 is 2.22 bits per heavy atom. The molecule has 0 saturated carbocycles. The standard InChI is InChI=1S/C13H24N4O/c1-11(14-2)7-3-6-10-17-13(18)16-9-5-4-8-12(16)15-17/h11,14H,3-10H2,1-2H3. The maximum Gasteiger partial charge on any atom is 0.345 e. The van der Waals surface area contributed by atoms with Gasteiger partial charge in [0.25, 0.3) is 0 Å². The first-order valence-electron chi connectivity index (χ1n) is 7.06. The number of nitrogens with zero attached hydrogens (tertiary/aromatic N) is 3. The first-order chi connectivity index (χ1) is 8.72. The predicted molar refractivity (Wildman–Crippen MR) is 71.8 cm³/mol. The molecule has 0 spiro atoms. The zero-order valence-corrected chi connectivity index (χ0v) is 11.5. The van der Waals surface area contributed by atoms with Crippen LogP contribution in [0.4, 0.5) is 0 Å². The van der Waals surface area contributed by atoms with E-state index in [1.807, 2.05) is 11.6 Å². The quantitative estimate of drug-likeness (QED) is 0.773. The predicted octanol–water partition coefficient (Wildman–Crippen LogP) is 1.16. The van der Waals surface area contributed by atoms with E-state index in [1.165, 1.54) is 0 Å². The molecule has 1 aliphatic heterocycles. The molecule has 1 aliphatic rings. The lowest BCUT2D eigenvalue weighted by molar-refractivity contribution is 0.479. The Kier molecular flexibility index (Phi) is 4.58. The normalized spacial score (nSPS) is 16.6. The van der Waals surface area contributed by atoms with Crippen molar-refractivity contribution < 1.29 is 0 Å². The number of aromatic nitrogens is 3. The van der Waals surface area contributed by atoms with Crippen LogP contribution in [-0.2, 0) is 19.5 Å². The van der Waals surface area contributed by atoms with E-state index in [2.05, 4.69) is 17.3 Å². The largest absolute Gasteiger partial charge is 0.345 e. The monoisotopic (exact) mass is 252 g/mol. The van der Waals surface area contributed by atoms with Gasteiger partial charge in [0.15, 0.2) is 0 Å². The number of rotatable bonds is 6. The van der Waals surface area contributed by atoms with Crippen LogP contribution in [0.2, 0.25) is 0 Å². The van der Waals surface area contributed by atoms with Crippen molar-refractivity contribution in [3.05, 3.63) is 16.3 Å². The van der Waals surface area contributed by atoms with Crippen LogP contribution in [0, 0.1) is 0 Å². The Balaban J connectivity index is 1.86. The molecule has 1 aromatic heterocycles. The van der Waals surface area contributed by atoms with Crippen LogP contribution in [-0.4, -0.2) is 27.4 Å². The summed E-state index contributed by atoms with van der Waals surface area (Å²) in [5.74, 6) is 0.981. The van der Waals surface area contributed by atoms with E-state index < -0.39 is 0 Å². The number of nitrogens with one attached hydrogen (secondary N) is 1. The van der Waals surface area contributed by atoms with Crippen molar-refractivity contribution >= 4 is 0 Å². The highest BCUT2D eigenvalue weighted by Crippen LogP contribution is 2.09. The Labute approximate surface area is 108 Å². The Bertz CT molecular complexity index is 435. The number of hydrogen-bond acceptors (Lipinski definition) is 3. The maximum atomic E-state index is 12.0. The second-order valence-electron chi connectivity index (χ2n) is 5.22. The molecular weight excluding hydrogens is 228 g/mol. The van der Waals surface area contributed by atoms with E-state index >= 15 is 0 Å². The van der Waals surface area contributed by atoms with Crippen LogP contribution in [0.15, 0.2) is 4.79 Å². The van der Waals surface area contributed by atoms with Gasteiger partial charge in [0, 0.05) is 25.6 Å². The van der Waals surface area contributed by atoms with E-state index in [9.17, 15) is 4.79 Å². The Morgan fingerprint density at radius 3 is 2.94 bits per heavy atom. The van der Waals surface area contributed by atoms with Crippen LogP contribution >= 0.6 is 0 Å². The average Bonchev–Trinajstić information content (AvgIpc) is 2.72. The van der Waals surface area contributed by atoms with Crippen LogP contribution < -0.4 is 11.0 Å². The molecule has 0 bridgehead atoms. The fourth-order valence-corrected chi connectivity index (χ4v) is 2.45. The van der Waals surface area contributed by atoms with Gasteiger partial charge in [0.2, 0.25) is 0 Å². The number of hydrogen-bond donors (Lipinski definition) is 1. The van der Waals surface area contributed by atoms with Crippen molar-refractivity contribution in [1.82, 2.24) is 19.7 Å².